The van der Waals surface area contributed by atoms with Crippen LogP contribution in [0.3, 0.4) is 0 Å². The Kier molecular flexibility index (Phi) is 7.16. The number of aliphatic imine (C=N–C) groups is 2. The zero-order chi connectivity index (χ0) is 9.90. The Morgan fingerprint density at radius 3 is 1.79 bits per heavy atom. The minimum Gasteiger partial charge on any atom is -0.312 e. The van der Waals surface area contributed by atoms with Crippen molar-refractivity contribution in [1.29, 1.82) is 0 Å². The van der Waals surface area contributed by atoms with Crippen molar-refractivity contribution in [3.63, 3.8) is 0 Å². The van der Waals surface area contributed by atoms with E-state index >= 15 is 0 Å². The van der Waals surface area contributed by atoms with Crippen LogP contribution in [0.15, 0.2) is 9.98 Å². The molecule has 0 radical (unpaired) electrons. The van der Waals surface area contributed by atoms with Crippen molar-refractivity contribution in [3.05, 3.63) is 0 Å². The van der Waals surface area contributed by atoms with Crippen molar-refractivity contribution in [2.45, 2.75) is 12.8 Å². The van der Waals surface area contributed by atoms with Crippen molar-refractivity contribution in [2.24, 2.45) is 9.98 Å². The number of nitrogens with zero attached hydrogens (tertiary/aromatic N) is 2. The first-order valence-corrected chi connectivity index (χ1v) is 5.38. The normalized spacial score (nSPS) is 21.7. The van der Waals surface area contributed by atoms with Gasteiger partial charge in [0.15, 0.2) is 0 Å². The fourth-order valence-corrected chi connectivity index (χ4v) is 1.24. The largest absolute Gasteiger partial charge is 0.312 e. The van der Waals surface area contributed by atoms with Gasteiger partial charge >= 0.3 is 0 Å². The highest BCUT2D eigenvalue weighted by molar-refractivity contribution is 5.60. The molecule has 0 aromatic heterocycles. The predicted octanol–water partition coefficient (Wildman–Crippen LogP) is 0.101. The number of rotatable bonds is 0. The van der Waals surface area contributed by atoms with Crippen LogP contribution in [0.2, 0.25) is 0 Å². The smallest absolute Gasteiger partial charge is 0.0398 e. The van der Waals surface area contributed by atoms with Gasteiger partial charge in [-0.1, -0.05) is 0 Å². The second-order valence-electron chi connectivity index (χ2n) is 3.29. The summed E-state index contributed by atoms with van der Waals surface area (Å²) >= 11 is 0. The van der Waals surface area contributed by atoms with Gasteiger partial charge in [0.05, 0.1) is 0 Å². The van der Waals surface area contributed by atoms with Gasteiger partial charge < -0.3 is 10.6 Å². The molecule has 0 spiro atoms. The van der Waals surface area contributed by atoms with Crippen LogP contribution in [-0.4, -0.2) is 51.7 Å². The third-order valence-corrected chi connectivity index (χ3v) is 2.01. The maximum absolute atomic E-state index is 4.30. The molecule has 0 saturated carbocycles. The zero-order valence-corrected chi connectivity index (χ0v) is 8.71. The Bertz CT molecular complexity index is 141. The van der Waals surface area contributed by atoms with E-state index in [1.165, 1.54) is 0 Å². The molecule has 0 aliphatic carbocycles. The summed E-state index contributed by atoms with van der Waals surface area (Å²) in [6.07, 6.45) is 6.14. The second-order valence-corrected chi connectivity index (χ2v) is 3.29. The quantitative estimate of drug-likeness (QED) is 0.577. The molecular weight excluding hydrogens is 176 g/mol. The van der Waals surface area contributed by atoms with Gasteiger partial charge in [-0.2, -0.15) is 0 Å². The van der Waals surface area contributed by atoms with E-state index in [-0.39, 0.29) is 0 Å². The Labute approximate surface area is 85.9 Å². The van der Waals surface area contributed by atoms with Gasteiger partial charge in [0.25, 0.3) is 0 Å². The molecule has 14 heavy (non-hydrogen) atoms. The van der Waals surface area contributed by atoms with Crippen molar-refractivity contribution in [1.82, 2.24) is 10.6 Å². The van der Waals surface area contributed by atoms with Crippen LogP contribution in [0.25, 0.3) is 0 Å². The first kappa shape index (κ1) is 11.3. The van der Waals surface area contributed by atoms with Crippen molar-refractivity contribution < 1.29 is 0 Å². The highest BCUT2D eigenvalue weighted by Crippen LogP contribution is 1.80. The van der Waals surface area contributed by atoms with Gasteiger partial charge in [0.1, 0.15) is 0 Å². The minimum absolute atomic E-state index is 0.886. The first-order valence-electron chi connectivity index (χ1n) is 5.38. The maximum Gasteiger partial charge on any atom is 0.0398 e. The molecule has 0 aromatic rings. The summed E-state index contributed by atoms with van der Waals surface area (Å²) in [5.74, 6) is 0. The van der Waals surface area contributed by atoms with E-state index in [0.29, 0.717) is 0 Å². The summed E-state index contributed by atoms with van der Waals surface area (Å²) in [6.45, 7) is 5.67. The molecule has 0 aromatic carbocycles. The first-order chi connectivity index (χ1) is 7.00. The molecule has 1 aliphatic heterocycles. The van der Waals surface area contributed by atoms with E-state index in [4.69, 9.17) is 0 Å². The van der Waals surface area contributed by atoms with Crippen LogP contribution in [0, 0.1) is 0 Å². The van der Waals surface area contributed by atoms with Crippen LogP contribution < -0.4 is 10.6 Å². The molecule has 0 unspecified atom stereocenters. The molecule has 2 N–H and O–H groups in total. The third-order valence-electron chi connectivity index (χ3n) is 2.01. The van der Waals surface area contributed by atoms with Gasteiger partial charge in [-0.3, -0.25) is 9.98 Å². The minimum atomic E-state index is 0.886. The van der Waals surface area contributed by atoms with E-state index in [1.54, 1.807) is 0 Å². The maximum atomic E-state index is 4.30. The van der Waals surface area contributed by atoms with E-state index in [2.05, 4.69) is 20.6 Å². The lowest BCUT2D eigenvalue weighted by atomic mass is 10.4. The van der Waals surface area contributed by atoms with Gasteiger partial charge in [-0.25, -0.2) is 0 Å². The van der Waals surface area contributed by atoms with Crippen LogP contribution in [0.5, 0.6) is 0 Å². The summed E-state index contributed by atoms with van der Waals surface area (Å²) in [5.41, 5.74) is 0. The summed E-state index contributed by atoms with van der Waals surface area (Å²) in [7, 11) is 0. The predicted molar refractivity (Wildman–Crippen MR) is 61.7 cm³/mol. The van der Waals surface area contributed by atoms with Gasteiger partial charge in [0, 0.05) is 38.6 Å². The monoisotopic (exact) mass is 196 g/mol. The number of hydrogen-bond acceptors (Lipinski definition) is 4. The molecule has 4 nitrogen and oxygen atoms in total. The molecule has 1 aliphatic rings. The lowest BCUT2D eigenvalue weighted by Crippen LogP contribution is -2.20. The van der Waals surface area contributed by atoms with E-state index in [9.17, 15) is 0 Å². The highest BCUT2D eigenvalue weighted by Gasteiger charge is 1.88. The van der Waals surface area contributed by atoms with Crippen LogP contribution in [0.4, 0.5) is 0 Å². The van der Waals surface area contributed by atoms with Gasteiger partial charge in [-0.05, 0) is 25.9 Å². The Morgan fingerprint density at radius 1 is 0.786 bits per heavy atom. The topological polar surface area (TPSA) is 48.8 Å². The number of nitrogens with one attached hydrogen (secondary N) is 2. The summed E-state index contributed by atoms with van der Waals surface area (Å²) < 4.78 is 0. The fraction of sp³-hybridized carbons (Fsp3) is 0.800. The second kappa shape index (κ2) is 8.84. The molecular formula is C10H20N4. The summed E-state index contributed by atoms with van der Waals surface area (Å²) in [5, 5.41) is 6.60. The van der Waals surface area contributed by atoms with Crippen molar-refractivity contribution in [3.8, 4) is 0 Å². The molecule has 0 amide bonds. The average Bonchev–Trinajstić information content (AvgIpc) is 2.22. The third kappa shape index (κ3) is 6.74. The van der Waals surface area contributed by atoms with Crippen LogP contribution in [-0.2, 0) is 0 Å². The molecule has 1 rings (SSSR count). The van der Waals surface area contributed by atoms with E-state index in [1.807, 2.05) is 12.4 Å². The lowest BCUT2D eigenvalue weighted by molar-refractivity contribution is 0.695. The highest BCUT2D eigenvalue weighted by atomic mass is 14.9. The van der Waals surface area contributed by atoms with E-state index in [0.717, 1.165) is 52.1 Å². The zero-order valence-electron chi connectivity index (χ0n) is 8.71. The molecule has 1 heterocycles. The van der Waals surface area contributed by atoms with Crippen LogP contribution in [0.1, 0.15) is 12.8 Å². The standard InChI is InChI=1S/C10H20N4/c1-3-11-7-9-13-5-2-6-14-10-8-12-4-1/h7,10,12-13H,1-6,8-9H2. The summed E-state index contributed by atoms with van der Waals surface area (Å²) in [4.78, 5) is 8.60. The van der Waals surface area contributed by atoms with Crippen LogP contribution >= 0.6 is 0 Å². The fourth-order valence-electron chi connectivity index (χ4n) is 1.24. The Morgan fingerprint density at radius 2 is 1.29 bits per heavy atom. The van der Waals surface area contributed by atoms with Crippen molar-refractivity contribution >= 4 is 12.4 Å². The summed E-state index contributed by atoms with van der Waals surface area (Å²) in [6, 6.07) is 0. The average molecular weight is 196 g/mol. The molecule has 80 valence electrons. The molecule has 0 fully saturated rings. The van der Waals surface area contributed by atoms with Gasteiger partial charge in [-0.15, -0.1) is 0 Å². The molecule has 0 atom stereocenters. The van der Waals surface area contributed by atoms with Crippen molar-refractivity contribution in [2.75, 3.05) is 39.3 Å². The molecule has 0 saturated heterocycles. The number of hydrogen-bond donors (Lipinski definition) is 2. The molecule has 4 heteroatoms. The van der Waals surface area contributed by atoms with Gasteiger partial charge in [0.2, 0.25) is 0 Å². The Hall–Kier alpha value is -0.740. The van der Waals surface area contributed by atoms with E-state index < -0.39 is 0 Å². The SMILES string of the molecule is C1=NCCCNCC=NCCCNC1. The lowest BCUT2D eigenvalue weighted by Gasteiger charge is -2.01. The molecule has 0 bridgehead atoms. The Balaban J connectivity index is 2.15.